The van der Waals surface area contributed by atoms with Crippen molar-refractivity contribution in [3.05, 3.63) is 11.4 Å². The normalized spacial score (nSPS) is 22.0. The number of thioether (sulfide) groups is 1. The minimum absolute atomic E-state index is 0.515. The van der Waals surface area contributed by atoms with Crippen LogP contribution in [0.15, 0.2) is 0 Å². The average Bonchev–Trinajstić information content (AvgIpc) is 2.90. The molecule has 1 saturated carbocycles. The number of nitrogen functional groups attached to an aromatic ring is 1. The minimum Gasteiger partial charge on any atom is -0.367 e. The smallest absolute Gasteiger partial charge is 0.148 e. The Morgan fingerprint density at radius 3 is 2.65 bits per heavy atom. The molecule has 1 aromatic heterocycles. The number of hydrazine groups is 1. The third-order valence-corrected chi connectivity index (χ3v) is 4.96. The van der Waals surface area contributed by atoms with Crippen molar-refractivity contribution in [1.82, 2.24) is 9.97 Å². The summed E-state index contributed by atoms with van der Waals surface area (Å²) < 4.78 is 0. The maximum atomic E-state index is 5.56. The van der Waals surface area contributed by atoms with Crippen molar-refractivity contribution in [2.45, 2.75) is 57.2 Å². The van der Waals surface area contributed by atoms with Gasteiger partial charge in [-0.1, -0.05) is 6.92 Å². The van der Waals surface area contributed by atoms with Crippen LogP contribution in [-0.2, 0) is 6.42 Å². The van der Waals surface area contributed by atoms with E-state index in [0.717, 1.165) is 41.1 Å². The molecule has 112 valence electrons. The highest BCUT2D eigenvalue weighted by Gasteiger charge is 2.25. The van der Waals surface area contributed by atoms with Crippen LogP contribution in [0, 0.1) is 6.92 Å². The monoisotopic (exact) mass is 295 g/mol. The number of aromatic nitrogens is 2. The third-order valence-electron chi connectivity index (χ3n) is 3.86. The predicted octanol–water partition coefficient (Wildman–Crippen LogP) is 2.72. The van der Waals surface area contributed by atoms with Crippen molar-refractivity contribution in [3.63, 3.8) is 0 Å². The highest BCUT2D eigenvalue weighted by atomic mass is 32.2. The molecule has 1 aliphatic carbocycles. The van der Waals surface area contributed by atoms with Crippen LogP contribution in [0.25, 0.3) is 0 Å². The maximum Gasteiger partial charge on any atom is 0.148 e. The van der Waals surface area contributed by atoms with E-state index in [-0.39, 0.29) is 0 Å². The van der Waals surface area contributed by atoms with E-state index in [1.807, 2.05) is 18.7 Å². The minimum atomic E-state index is 0.515. The van der Waals surface area contributed by atoms with Gasteiger partial charge in [-0.25, -0.2) is 15.8 Å². The van der Waals surface area contributed by atoms with E-state index in [4.69, 9.17) is 5.84 Å². The lowest BCUT2D eigenvalue weighted by atomic mass is 10.2. The first-order valence-corrected chi connectivity index (χ1v) is 8.60. The molecule has 0 aromatic carbocycles. The standard InChI is InChI=1S/C14H25N5S/c1-4-5-12-17-13(9(2)14(18-12)19-15)16-10-6-7-11(8-10)20-3/h10-11H,4-8,15H2,1-3H3,(H2,16,17,18,19). The fourth-order valence-electron chi connectivity index (χ4n) is 2.66. The Kier molecular flexibility index (Phi) is 5.48. The summed E-state index contributed by atoms with van der Waals surface area (Å²) in [6.45, 7) is 4.14. The zero-order valence-electron chi connectivity index (χ0n) is 12.6. The highest BCUT2D eigenvalue weighted by molar-refractivity contribution is 7.99. The first-order chi connectivity index (χ1) is 9.67. The van der Waals surface area contributed by atoms with Gasteiger partial charge in [-0.15, -0.1) is 0 Å². The van der Waals surface area contributed by atoms with Gasteiger partial charge in [-0.05, 0) is 38.9 Å². The molecule has 5 nitrogen and oxygen atoms in total. The molecule has 2 unspecified atom stereocenters. The Labute approximate surface area is 125 Å². The zero-order valence-corrected chi connectivity index (χ0v) is 13.4. The molecule has 0 aliphatic heterocycles. The summed E-state index contributed by atoms with van der Waals surface area (Å²) in [6, 6.07) is 0.515. The summed E-state index contributed by atoms with van der Waals surface area (Å²) in [5.74, 6) is 8.08. The van der Waals surface area contributed by atoms with Gasteiger partial charge in [0.25, 0.3) is 0 Å². The molecule has 2 atom stereocenters. The van der Waals surface area contributed by atoms with Gasteiger partial charge in [0.1, 0.15) is 17.5 Å². The maximum absolute atomic E-state index is 5.56. The van der Waals surface area contributed by atoms with Gasteiger partial charge in [0.2, 0.25) is 0 Å². The van der Waals surface area contributed by atoms with E-state index >= 15 is 0 Å². The van der Waals surface area contributed by atoms with Crippen LogP contribution in [0.1, 0.15) is 44.0 Å². The molecule has 1 aromatic rings. The molecule has 20 heavy (non-hydrogen) atoms. The molecule has 0 spiro atoms. The Balaban J connectivity index is 2.15. The first kappa shape index (κ1) is 15.4. The van der Waals surface area contributed by atoms with Crippen LogP contribution >= 0.6 is 11.8 Å². The number of hydrogen-bond donors (Lipinski definition) is 3. The number of nitrogens with zero attached hydrogens (tertiary/aromatic N) is 2. The van der Waals surface area contributed by atoms with Gasteiger partial charge in [0.05, 0.1) is 0 Å². The highest BCUT2D eigenvalue weighted by Crippen LogP contribution is 2.31. The zero-order chi connectivity index (χ0) is 14.5. The SMILES string of the molecule is CCCc1nc(NN)c(C)c(NC2CCC(SC)C2)n1. The molecule has 0 saturated heterocycles. The van der Waals surface area contributed by atoms with E-state index in [2.05, 4.69) is 33.9 Å². The fraction of sp³-hybridized carbons (Fsp3) is 0.714. The lowest BCUT2D eigenvalue weighted by Crippen LogP contribution is -2.20. The van der Waals surface area contributed by atoms with Crippen molar-refractivity contribution in [2.24, 2.45) is 5.84 Å². The second-order valence-electron chi connectivity index (χ2n) is 5.37. The summed E-state index contributed by atoms with van der Waals surface area (Å²) in [7, 11) is 0. The molecular weight excluding hydrogens is 270 g/mol. The van der Waals surface area contributed by atoms with Gasteiger partial charge in [-0.3, -0.25) is 0 Å². The lowest BCUT2D eigenvalue weighted by molar-refractivity contribution is 0.743. The van der Waals surface area contributed by atoms with Crippen molar-refractivity contribution in [1.29, 1.82) is 0 Å². The average molecular weight is 295 g/mol. The number of anilines is 2. The van der Waals surface area contributed by atoms with E-state index < -0.39 is 0 Å². The summed E-state index contributed by atoms with van der Waals surface area (Å²) in [4.78, 5) is 9.12. The van der Waals surface area contributed by atoms with Crippen LogP contribution in [0.3, 0.4) is 0 Å². The van der Waals surface area contributed by atoms with Gasteiger partial charge in [0, 0.05) is 23.3 Å². The second kappa shape index (κ2) is 7.13. The number of nitrogens with two attached hydrogens (primary N) is 1. The molecule has 2 rings (SSSR count). The van der Waals surface area contributed by atoms with Crippen LogP contribution in [0.2, 0.25) is 0 Å². The first-order valence-electron chi connectivity index (χ1n) is 7.31. The number of aryl methyl sites for hydroxylation is 1. The van der Waals surface area contributed by atoms with E-state index in [9.17, 15) is 0 Å². The van der Waals surface area contributed by atoms with Crippen LogP contribution in [0.5, 0.6) is 0 Å². The summed E-state index contributed by atoms with van der Waals surface area (Å²) >= 11 is 1.96. The molecular formula is C14H25N5S. The van der Waals surface area contributed by atoms with E-state index in [1.54, 1.807) is 0 Å². The molecule has 1 heterocycles. The quantitative estimate of drug-likeness (QED) is 0.553. The lowest BCUT2D eigenvalue weighted by Gasteiger charge is -2.17. The summed E-state index contributed by atoms with van der Waals surface area (Å²) in [5, 5.41) is 4.36. The van der Waals surface area contributed by atoms with Crippen molar-refractivity contribution in [3.8, 4) is 0 Å². The van der Waals surface area contributed by atoms with E-state index in [0.29, 0.717) is 6.04 Å². The van der Waals surface area contributed by atoms with Crippen molar-refractivity contribution < 1.29 is 0 Å². The van der Waals surface area contributed by atoms with Crippen LogP contribution < -0.4 is 16.6 Å². The summed E-state index contributed by atoms with van der Waals surface area (Å²) in [5.41, 5.74) is 3.68. The Morgan fingerprint density at radius 1 is 1.30 bits per heavy atom. The second-order valence-corrected chi connectivity index (χ2v) is 6.51. The Bertz CT molecular complexity index is 451. The van der Waals surface area contributed by atoms with Crippen molar-refractivity contribution in [2.75, 3.05) is 17.0 Å². The van der Waals surface area contributed by atoms with Crippen molar-refractivity contribution >= 4 is 23.4 Å². The topological polar surface area (TPSA) is 75.9 Å². The fourth-order valence-corrected chi connectivity index (χ4v) is 3.45. The predicted molar refractivity (Wildman–Crippen MR) is 87.1 cm³/mol. The largest absolute Gasteiger partial charge is 0.367 e. The third kappa shape index (κ3) is 3.55. The van der Waals surface area contributed by atoms with Gasteiger partial charge >= 0.3 is 0 Å². The van der Waals surface area contributed by atoms with Crippen LogP contribution in [-0.4, -0.2) is 27.5 Å². The van der Waals surface area contributed by atoms with Gasteiger partial charge in [-0.2, -0.15) is 11.8 Å². The summed E-state index contributed by atoms with van der Waals surface area (Å²) in [6.07, 6.45) is 7.81. The van der Waals surface area contributed by atoms with Gasteiger partial charge < -0.3 is 10.7 Å². The van der Waals surface area contributed by atoms with E-state index in [1.165, 1.54) is 19.3 Å². The Hall–Kier alpha value is -1.01. The number of rotatable bonds is 6. The Morgan fingerprint density at radius 2 is 2.05 bits per heavy atom. The molecule has 0 radical (unpaired) electrons. The molecule has 4 N–H and O–H groups in total. The number of nitrogens with one attached hydrogen (secondary N) is 2. The molecule has 0 amide bonds. The number of hydrogen-bond acceptors (Lipinski definition) is 6. The molecule has 6 heteroatoms. The van der Waals surface area contributed by atoms with Gasteiger partial charge in [0.15, 0.2) is 0 Å². The molecule has 1 fully saturated rings. The molecule has 0 bridgehead atoms. The molecule has 1 aliphatic rings. The van der Waals surface area contributed by atoms with Crippen LogP contribution in [0.4, 0.5) is 11.6 Å².